The first-order valence-electron chi connectivity index (χ1n) is 13.3. The smallest absolute Gasteiger partial charge is 0.450 e. The summed E-state index contributed by atoms with van der Waals surface area (Å²) in [5.74, 6) is -6.49. The Morgan fingerprint density at radius 2 is 1.72 bits per heavy atom. The number of fused-ring (bicyclic) bond motifs is 9. The molecule has 4 saturated carbocycles. The maximum atomic E-state index is 14.8. The lowest BCUT2D eigenvalue weighted by atomic mass is 9.69. The van der Waals surface area contributed by atoms with E-state index in [1.807, 2.05) is 0 Å². The molecule has 0 amide bonds. The Bertz CT molecular complexity index is 886. The number of carbonyl (C=O) groups excluding carboxylic acids is 1. The van der Waals surface area contributed by atoms with Crippen LogP contribution in [0, 0.1) is 41.4 Å². The molecule has 10 heteroatoms. The molecule has 202 valence electrons. The molecule has 36 heavy (non-hydrogen) atoms. The van der Waals surface area contributed by atoms with E-state index >= 15 is 0 Å². The van der Waals surface area contributed by atoms with E-state index in [4.69, 9.17) is 14.2 Å². The van der Waals surface area contributed by atoms with Gasteiger partial charge in [0.2, 0.25) is 0 Å². The van der Waals surface area contributed by atoms with Crippen molar-refractivity contribution >= 4 is 5.97 Å². The van der Waals surface area contributed by atoms with Crippen LogP contribution in [0.25, 0.3) is 0 Å². The fraction of sp³-hybridized carbons (Fsp3) is 0.885. The molecule has 0 spiro atoms. The number of esters is 1. The molecule has 9 unspecified atom stereocenters. The van der Waals surface area contributed by atoms with Gasteiger partial charge < -0.3 is 18.9 Å². The summed E-state index contributed by atoms with van der Waals surface area (Å²) in [5, 5.41) is 0. The van der Waals surface area contributed by atoms with Crippen molar-refractivity contribution in [1.82, 2.24) is 0 Å². The Labute approximate surface area is 207 Å². The van der Waals surface area contributed by atoms with Gasteiger partial charge in [0.05, 0.1) is 12.0 Å². The second-order valence-electron chi connectivity index (χ2n) is 11.7. The highest BCUT2D eigenvalue weighted by molar-refractivity contribution is 5.73. The van der Waals surface area contributed by atoms with Gasteiger partial charge in [-0.3, -0.25) is 4.79 Å². The van der Waals surface area contributed by atoms with Crippen LogP contribution in [-0.4, -0.2) is 49.5 Å². The summed E-state index contributed by atoms with van der Waals surface area (Å²) < 4.78 is 91.4. The summed E-state index contributed by atoms with van der Waals surface area (Å²) in [4.78, 5) is 12.9. The number of hydrogen-bond acceptors (Lipinski definition) is 5. The van der Waals surface area contributed by atoms with Gasteiger partial charge in [-0.15, -0.1) is 0 Å². The van der Waals surface area contributed by atoms with E-state index in [1.165, 1.54) is 0 Å². The molecule has 5 aliphatic carbocycles. The van der Waals surface area contributed by atoms with Gasteiger partial charge >= 0.3 is 23.9 Å². The minimum absolute atomic E-state index is 0.202. The van der Waals surface area contributed by atoms with Gasteiger partial charge in [-0.05, 0) is 67.6 Å². The Morgan fingerprint density at radius 1 is 1.00 bits per heavy atom. The van der Waals surface area contributed by atoms with Gasteiger partial charge in [-0.25, -0.2) is 8.78 Å². The van der Waals surface area contributed by atoms with Crippen LogP contribution in [0.1, 0.15) is 57.8 Å². The van der Waals surface area contributed by atoms with Crippen LogP contribution in [0.2, 0.25) is 0 Å². The van der Waals surface area contributed by atoms with Crippen LogP contribution in [-0.2, 0) is 23.7 Å². The molecule has 9 atom stereocenters. The summed E-state index contributed by atoms with van der Waals surface area (Å²) in [6.07, 6.45) is 2.72. The lowest BCUT2D eigenvalue weighted by Gasteiger charge is -2.36. The molecule has 5 nitrogen and oxygen atoms in total. The third-order valence-corrected chi connectivity index (χ3v) is 9.77. The third kappa shape index (κ3) is 3.92. The summed E-state index contributed by atoms with van der Waals surface area (Å²) in [6.45, 7) is -1.61. The number of alkyl halides is 5. The lowest BCUT2D eigenvalue weighted by molar-refractivity contribution is -0.434. The monoisotopic (exact) mass is 520 g/mol. The number of rotatable bonds is 7. The van der Waals surface area contributed by atoms with Crippen molar-refractivity contribution < 1.29 is 45.7 Å². The number of halogens is 5. The molecule has 4 bridgehead atoms. The zero-order chi connectivity index (χ0) is 25.3. The molecule has 0 aromatic heterocycles. The molecule has 0 radical (unpaired) electrons. The number of hydrogen-bond donors (Lipinski definition) is 0. The third-order valence-electron chi connectivity index (χ3n) is 9.77. The Morgan fingerprint density at radius 3 is 2.44 bits per heavy atom. The molecule has 5 fully saturated rings. The minimum atomic E-state index is -5.50. The summed E-state index contributed by atoms with van der Waals surface area (Å²) in [6, 6.07) is 0. The van der Waals surface area contributed by atoms with E-state index in [0.29, 0.717) is 48.9 Å². The summed E-state index contributed by atoms with van der Waals surface area (Å²) in [5.41, 5.74) is 0. The average molecular weight is 521 g/mol. The second-order valence-corrected chi connectivity index (χ2v) is 11.7. The molecule has 1 heterocycles. The molecule has 1 saturated heterocycles. The lowest BCUT2D eigenvalue weighted by Crippen LogP contribution is -2.59. The Kier molecular flexibility index (Phi) is 6.19. The fourth-order valence-corrected chi connectivity index (χ4v) is 8.39. The fourth-order valence-electron chi connectivity index (χ4n) is 8.39. The number of allylic oxidation sites excluding steroid dienone is 2. The molecule has 0 aromatic rings. The number of carbonyl (C=O) groups is 1. The highest BCUT2D eigenvalue weighted by Gasteiger charge is 2.77. The van der Waals surface area contributed by atoms with Crippen molar-refractivity contribution in [2.75, 3.05) is 13.4 Å². The van der Waals surface area contributed by atoms with Gasteiger partial charge in [-0.1, -0.05) is 31.4 Å². The molecule has 6 rings (SSSR count). The van der Waals surface area contributed by atoms with Crippen LogP contribution in [0.15, 0.2) is 12.2 Å². The molecular formula is C26H33F5O5. The van der Waals surface area contributed by atoms with Crippen LogP contribution in [0.5, 0.6) is 0 Å². The molecule has 1 aliphatic heterocycles. The first-order valence-corrected chi connectivity index (χ1v) is 13.3. The van der Waals surface area contributed by atoms with Crippen molar-refractivity contribution in [3.8, 4) is 0 Å². The second kappa shape index (κ2) is 8.90. The first kappa shape index (κ1) is 25.0. The largest absolute Gasteiger partial charge is 0.463 e. The van der Waals surface area contributed by atoms with E-state index in [2.05, 4.69) is 16.9 Å². The van der Waals surface area contributed by atoms with E-state index in [0.717, 1.165) is 32.1 Å². The van der Waals surface area contributed by atoms with Gasteiger partial charge in [0, 0.05) is 6.42 Å². The summed E-state index contributed by atoms with van der Waals surface area (Å²) in [7, 11) is 0. The van der Waals surface area contributed by atoms with E-state index in [-0.39, 0.29) is 17.9 Å². The van der Waals surface area contributed by atoms with Crippen molar-refractivity contribution in [3.05, 3.63) is 12.2 Å². The van der Waals surface area contributed by atoms with Crippen molar-refractivity contribution in [2.45, 2.75) is 87.9 Å². The molecular weight excluding hydrogens is 487 g/mol. The zero-order valence-electron chi connectivity index (χ0n) is 20.1. The predicted octanol–water partition coefficient (Wildman–Crippen LogP) is 5.63. The average Bonchev–Trinajstić information content (AvgIpc) is 3.63. The first-order chi connectivity index (χ1) is 17.1. The quantitative estimate of drug-likeness (QED) is 0.143. The Hall–Kier alpha value is -1.26. The van der Waals surface area contributed by atoms with E-state index in [1.54, 1.807) is 0 Å². The van der Waals surface area contributed by atoms with Crippen LogP contribution >= 0.6 is 0 Å². The highest BCUT2D eigenvalue weighted by Crippen LogP contribution is 2.67. The molecule has 0 N–H and O–H groups in total. The van der Waals surface area contributed by atoms with Crippen LogP contribution < -0.4 is 0 Å². The van der Waals surface area contributed by atoms with Crippen molar-refractivity contribution in [3.63, 3.8) is 0 Å². The predicted molar refractivity (Wildman–Crippen MR) is 116 cm³/mol. The van der Waals surface area contributed by atoms with Gasteiger partial charge in [-0.2, -0.15) is 13.2 Å². The maximum Gasteiger partial charge on any atom is 0.450 e. The standard InChI is InChI=1S/C26H33F5O5/c27-24(28)11-18(36-25(24,26(29,30)31)35-13-34-17-4-2-1-3-5-17)12-33-23(32)20-10-16-9-19(20)22-15-7-6-14(8-15)21(16)22/h6-7,14-22H,1-5,8-13H2. The van der Waals surface area contributed by atoms with Crippen molar-refractivity contribution in [1.29, 1.82) is 0 Å². The zero-order valence-corrected chi connectivity index (χ0v) is 20.1. The molecule has 0 aromatic carbocycles. The topological polar surface area (TPSA) is 54.0 Å². The Balaban J connectivity index is 1.06. The van der Waals surface area contributed by atoms with Crippen molar-refractivity contribution in [2.24, 2.45) is 41.4 Å². The SMILES string of the molecule is O=C(OCC1CC(F)(F)C(OCOC2CCCCC2)(C(F)(F)F)O1)C1CC2CC1C1C3C=CC(C3)C21. The normalized spacial score (nSPS) is 44.9. The minimum Gasteiger partial charge on any atom is -0.463 e. The van der Waals surface area contributed by atoms with E-state index < -0.39 is 49.8 Å². The maximum absolute atomic E-state index is 14.8. The van der Waals surface area contributed by atoms with Gasteiger partial charge in [0.25, 0.3) is 0 Å². The molecule has 6 aliphatic rings. The van der Waals surface area contributed by atoms with E-state index in [9.17, 15) is 26.7 Å². The van der Waals surface area contributed by atoms with Gasteiger partial charge in [0.15, 0.2) is 6.79 Å². The van der Waals surface area contributed by atoms with Crippen LogP contribution in [0.3, 0.4) is 0 Å². The summed E-state index contributed by atoms with van der Waals surface area (Å²) >= 11 is 0. The van der Waals surface area contributed by atoms with Gasteiger partial charge in [0.1, 0.15) is 12.7 Å². The number of ether oxygens (including phenoxy) is 4. The highest BCUT2D eigenvalue weighted by atomic mass is 19.4. The van der Waals surface area contributed by atoms with Crippen LogP contribution in [0.4, 0.5) is 22.0 Å².